The molecule has 0 aromatic heterocycles. The Hall–Kier alpha value is -2.16. The number of aliphatic imine (C=N–C) groups is 1. The van der Waals surface area contributed by atoms with Gasteiger partial charge >= 0.3 is 5.97 Å². The molecule has 0 spiro atoms. The molecule has 0 aliphatic heterocycles. The molecular weight excluding hydrogens is 298 g/mol. The summed E-state index contributed by atoms with van der Waals surface area (Å²) in [7, 11) is 0. The molecule has 1 N–H and O–H groups in total. The third-order valence-corrected chi connectivity index (χ3v) is 4.39. The average Bonchev–Trinajstić information content (AvgIpc) is 2.56. The highest BCUT2D eigenvalue weighted by Crippen LogP contribution is 2.25. The summed E-state index contributed by atoms with van der Waals surface area (Å²) in [6.07, 6.45) is 12.3. The molecule has 3 nitrogen and oxygen atoms in total. The fourth-order valence-corrected chi connectivity index (χ4v) is 2.98. The quantitative estimate of drug-likeness (QED) is 0.537. The summed E-state index contributed by atoms with van der Waals surface area (Å²) in [5.74, 6) is -0.406. The first-order chi connectivity index (χ1) is 11.6. The molecule has 0 heterocycles. The van der Waals surface area contributed by atoms with E-state index >= 15 is 0 Å². The molecule has 1 aromatic carbocycles. The number of aromatic carboxylic acids is 1. The van der Waals surface area contributed by atoms with Crippen molar-refractivity contribution in [3.63, 3.8) is 0 Å². The monoisotopic (exact) mass is 325 g/mol. The van der Waals surface area contributed by atoms with Crippen molar-refractivity contribution >= 4 is 12.2 Å². The predicted octanol–water partition coefficient (Wildman–Crippen LogP) is 5.43. The summed E-state index contributed by atoms with van der Waals surface area (Å²) >= 11 is 0. The van der Waals surface area contributed by atoms with Crippen molar-refractivity contribution in [2.75, 3.05) is 0 Å². The van der Waals surface area contributed by atoms with Gasteiger partial charge in [0.05, 0.1) is 12.1 Å². The second-order valence-corrected chi connectivity index (χ2v) is 6.67. The van der Waals surface area contributed by atoms with Gasteiger partial charge in [-0.15, -0.1) is 0 Å². The number of hydrogen-bond acceptors (Lipinski definition) is 2. The van der Waals surface area contributed by atoms with E-state index in [1.807, 2.05) is 18.3 Å². The van der Waals surface area contributed by atoms with Gasteiger partial charge in [-0.05, 0) is 63.5 Å². The summed E-state index contributed by atoms with van der Waals surface area (Å²) in [4.78, 5) is 15.7. The molecule has 0 bridgehead atoms. The van der Waals surface area contributed by atoms with Crippen molar-refractivity contribution < 1.29 is 9.90 Å². The molecule has 1 aliphatic rings. The Balaban J connectivity index is 1.83. The first-order valence-corrected chi connectivity index (χ1v) is 8.68. The molecule has 0 amide bonds. The van der Waals surface area contributed by atoms with Gasteiger partial charge in [0, 0.05) is 6.21 Å². The minimum absolute atomic E-state index is 0.347. The summed E-state index contributed by atoms with van der Waals surface area (Å²) in [5, 5.41) is 9.18. The molecule has 128 valence electrons. The highest BCUT2D eigenvalue weighted by atomic mass is 16.4. The van der Waals surface area contributed by atoms with E-state index in [2.05, 4.69) is 31.0 Å². The largest absolute Gasteiger partial charge is 0.478 e. The Morgan fingerprint density at radius 1 is 1.33 bits per heavy atom. The normalized spacial score (nSPS) is 17.6. The fourth-order valence-electron chi connectivity index (χ4n) is 2.98. The number of hydrogen-bond donors (Lipinski definition) is 1. The van der Waals surface area contributed by atoms with Crippen molar-refractivity contribution in [1.29, 1.82) is 0 Å². The third-order valence-electron chi connectivity index (χ3n) is 4.39. The molecule has 0 fully saturated rings. The summed E-state index contributed by atoms with van der Waals surface area (Å²) in [5.41, 5.74) is 4.07. The second kappa shape index (κ2) is 9.21. The number of nitrogens with zero attached hydrogens (tertiary/aromatic N) is 1. The van der Waals surface area contributed by atoms with E-state index in [4.69, 9.17) is 0 Å². The molecule has 1 atom stereocenters. The minimum atomic E-state index is -0.887. The number of carbonyl (C=O) groups is 1. The van der Waals surface area contributed by atoms with Gasteiger partial charge in [-0.3, -0.25) is 4.99 Å². The van der Waals surface area contributed by atoms with Crippen molar-refractivity contribution in [3.8, 4) is 0 Å². The molecule has 0 saturated heterocycles. The first-order valence-electron chi connectivity index (χ1n) is 8.68. The van der Waals surface area contributed by atoms with Crippen LogP contribution in [-0.2, 0) is 6.54 Å². The van der Waals surface area contributed by atoms with Gasteiger partial charge in [-0.1, -0.05) is 41.5 Å². The minimum Gasteiger partial charge on any atom is -0.478 e. The zero-order valence-corrected chi connectivity index (χ0v) is 14.7. The maximum atomic E-state index is 11.2. The van der Waals surface area contributed by atoms with Crippen molar-refractivity contribution in [2.24, 2.45) is 10.9 Å². The zero-order chi connectivity index (χ0) is 17.4. The van der Waals surface area contributed by atoms with Crippen LogP contribution in [0.4, 0.5) is 0 Å². The Morgan fingerprint density at radius 2 is 2.12 bits per heavy atom. The molecule has 1 unspecified atom stereocenters. The highest BCUT2D eigenvalue weighted by Gasteiger charge is 2.12. The molecule has 0 radical (unpaired) electrons. The van der Waals surface area contributed by atoms with E-state index in [9.17, 15) is 9.90 Å². The lowest BCUT2D eigenvalue weighted by Gasteiger charge is -2.18. The standard InChI is InChI=1S/C21H27NO2/c1-16(2)6-5-7-17-10-12-18(13-11-17)14-22-15-19-8-3-4-9-20(19)21(23)24/h3-4,6,8-10,14,18H,5,7,11-13,15H2,1-2H3,(H,23,24). The van der Waals surface area contributed by atoms with Crippen LogP contribution in [0.2, 0.25) is 0 Å². The molecule has 1 aliphatic carbocycles. The third kappa shape index (κ3) is 5.80. The SMILES string of the molecule is CC(C)=CCCC1=CCC(C=NCc2ccccc2C(=O)O)CC1. The maximum absolute atomic E-state index is 11.2. The van der Waals surface area contributed by atoms with Crippen molar-refractivity contribution in [2.45, 2.75) is 52.5 Å². The second-order valence-electron chi connectivity index (χ2n) is 6.67. The van der Waals surface area contributed by atoms with E-state index in [1.54, 1.807) is 17.7 Å². The van der Waals surface area contributed by atoms with Crippen molar-refractivity contribution in [1.82, 2.24) is 0 Å². The Bertz CT molecular complexity index is 652. The summed E-state index contributed by atoms with van der Waals surface area (Å²) in [6, 6.07) is 7.08. The maximum Gasteiger partial charge on any atom is 0.336 e. The van der Waals surface area contributed by atoms with Gasteiger partial charge < -0.3 is 5.11 Å². The van der Waals surface area contributed by atoms with E-state index in [-0.39, 0.29) is 0 Å². The predicted molar refractivity (Wildman–Crippen MR) is 99.7 cm³/mol. The lowest BCUT2D eigenvalue weighted by Crippen LogP contribution is -2.08. The molecule has 1 aromatic rings. The highest BCUT2D eigenvalue weighted by molar-refractivity contribution is 5.89. The van der Waals surface area contributed by atoms with Crippen LogP contribution in [0.25, 0.3) is 0 Å². The lowest BCUT2D eigenvalue weighted by molar-refractivity contribution is 0.0695. The number of rotatable bonds is 7. The van der Waals surface area contributed by atoms with Crippen molar-refractivity contribution in [3.05, 3.63) is 58.7 Å². The number of allylic oxidation sites excluding steroid dienone is 4. The van der Waals surface area contributed by atoms with Crippen LogP contribution in [0.3, 0.4) is 0 Å². The molecule has 2 rings (SSSR count). The Morgan fingerprint density at radius 3 is 2.79 bits per heavy atom. The van der Waals surface area contributed by atoms with E-state index < -0.39 is 5.97 Å². The topological polar surface area (TPSA) is 49.7 Å². The van der Waals surface area contributed by atoms with E-state index in [0.717, 1.165) is 31.2 Å². The smallest absolute Gasteiger partial charge is 0.336 e. The van der Waals surface area contributed by atoms with Crippen LogP contribution in [0.1, 0.15) is 61.9 Å². The first kappa shape index (κ1) is 18.2. The number of carboxylic acid groups (broad SMARTS) is 1. The fraction of sp³-hybridized carbons (Fsp3) is 0.429. The van der Waals surface area contributed by atoms with Gasteiger partial charge in [0.25, 0.3) is 0 Å². The molecule has 0 saturated carbocycles. The molecular formula is C21H27NO2. The van der Waals surface area contributed by atoms with Crippen LogP contribution < -0.4 is 0 Å². The van der Waals surface area contributed by atoms with Crippen LogP contribution in [0.15, 0.2) is 52.6 Å². The Kier molecular flexibility index (Phi) is 6.98. The van der Waals surface area contributed by atoms with E-state index in [1.165, 1.54) is 12.0 Å². The average molecular weight is 325 g/mol. The number of carboxylic acids is 1. The van der Waals surface area contributed by atoms with Gasteiger partial charge in [-0.2, -0.15) is 0 Å². The summed E-state index contributed by atoms with van der Waals surface area (Å²) < 4.78 is 0. The summed E-state index contributed by atoms with van der Waals surface area (Å²) in [6.45, 7) is 4.73. The van der Waals surface area contributed by atoms with Crippen LogP contribution in [0, 0.1) is 5.92 Å². The lowest BCUT2D eigenvalue weighted by atomic mass is 9.88. The van der Waals surface area contributed by atoms with Gasteiger partial charge in [0.1, 0.15) is 0 Å². The van der Waals surface area contributed by atoms with Gasteiger partial charge in [0.15, 0.2) is 0 Å². The molecule has 24 heavy (non-hydrogen) atoms. The zero-order valence-electron chi connectivity index (χ0n) is 14.7. The van der Waals surface area contributed by atoms with Gasteiger partial charge in [-0.25, -0.2) is 4.79 Å². The Labute approximate surface area is 144 Å². The molecule has 3 heteroatoms. The van der Waals surface area contributed by atoms with Crippen LogP contribution in [-0.4, -0.2) is 17.3 Å². The van der Waals surface area contributed by atoms with Crippen LogP contribution in [0.5, 0.6) is 0 Å². The van der Waals surface area contributed by atoms with E-state index in [0.29, 0.717) is 18.0 Å². The van der Waals surface area contributed by atoms with Gasteiger partial charge in [0.2, 0.25) is 0 Å². The van der Waals surface area contributed by atoms with Crippen LogP contribution >= 0.6 is 0 Å². The number of benzene rings is 1.